The Kier molecular flexibility index (Phi) is 5.52. The van der Waals surface area contributed by atoms with Gasteiger partial charge in [0.05, 0.1) is 0 Å². The summed E-state index contributed by atoms with van der Waals surface area (Å²) in [7, 11) is 0. The van der Waals surface area contributed by atoms with E-state index in [1.54, 1.807) is 4.90 Å². The first-order valence-corrected chi connectivity index (χ1v) is 8.39. The predicted octanol–water partition coefficient (Wildman–Crippen LogP) is 3.10. The molecule has 1 atom stereocenters. The van der Waals surface area contributed by atoms with E-state index in [1.807, 2.05) is 33.8 Å². The van der Waals surface area contributed by atoms with Crippen LogP contribution in [0.2, 0.25) is 0 Å². The van der Waals surface area contributed by atoms with Gasteiger partial charge in [-0.05, 0) is 63.8 Å². The molecule has 1 aromatic rings. The number of fused-ring (bicyclic) bond motifs is 1. The SMILES string of the molecule is CCN(CCNC1CCc2cc(N)ccc21)C(=O)OC(C)(C)C. The van der Waals surface area contributed by atoms with E-state index in [-0.39, 0.29) is 6.09 Å². The average Bonchev–Trinajstić information content (AvgIpc) is 2.83. The number of anilines is 1. The summed E-state index contributed by atoms with van der Waals surface area (Å²) in [5.41, 5.74) is 8.88. The van der Waals surface area contributed by atoms with Gasteiger partial charge in [0.25, 0.3) is 0 Å². The number of carbonyl (C=O) groups excluding carboxylic acids is 1. The quantitative estimate of drug-likeness (QED) is 0.818. The molecule has 1 amide bonds. The zero-order valence-electron chi connectivity index (χ0n) is 14.7. The van der Waals surface area contributed by atoms with Crippen LogP contribution in [0.15, 0.2) is 18.2 Å². The number of likely N-dealkylation sites (N-methyl/N-ethyl adjacent to an activating group) is 1. The first kappa shape index (κ1) is 17.6. The fourth-order valence-corrected chi connectivity index (χ4v) is 2.93. The summed E-state index contributed by atoms with van der Waals surface area (Å²) in [6, 6.07) is 6.48. The molecule has 1 unspecified atom stereocenters. The van der Waals surface area contributed by atoms with Crippen molar-refractivity contribution in [2.24, 2.45) is 0 Å². The number of hydrogen-bond donors (Lipinski definition) is 2. The number of nitrogen functional groups attached to an aromatic ring is 1. The second-order valence-corrected chi connectivity index (χ2v) is 7.06. The average molecular weight is 319 g/mol. The number of amides is 1. The van der Waals surface area contributed by atoms with E-state index in [4.69, 9.17) is 10.5 Å². The smallest absolute Gasteiger partial charge is 0.410 e. The summed E-state index contributed by atoms with van der Waals surface area (Å²) in [5, 5.41) is 3.55. The molecule has 5 heteroatoms. The summed E-state index contributed by atoms with van der Waals surface area (Å²) >= 11 is 0. The Morgan fingerprint density at radius 3 is 2.83 bits per heavy atom. The van der Waals surface area contributed by atoms with Gasteiger partial charge < -0.3 is 20.7 Å². The van der Waals surface area contributed by atoms with Crippen molar-refractivity contribution in [1.82, 2.24) is 10.2 Å². The van der Waals surface area contributed by atoms with Crippen LogP contribution in [0.25, 0.3) is 0 Å². The van der Waals surface area contributed by atoms with E-state index >= 15 is 0 Å². The molecule has 0 saturated carbocycles. The number of nitrogens with one attached hydrogen (secondary N) is 1. The van der Waals surface area contributed by atoms with Crippen LogP contribution < -0.4 is 11.1 Å². The largest absolute Gasteiger partial charge is 0.444 e. The summed E-state index contributed by atoms with van der Waals surface area (Å²) in [6.45, 7) is 9.67. The Bertz CT molecular complexity index is 552. The predicted molar refractivity (Wildman–Crippen MR) is 93.4 cm³/mol. The number of nitrogens with zero attached hydrogens (tertiary/aromatic N) is 1. The minimum absolute atomic E-state index is 0.249. The Morgan fingerprint density at radius 1 is 1.43 bits per heavy atom. The van der Waals surface area contributed by atoms with Crippen LogP contribution in [0.3, 0.4) is 0 Å². The van der Waals surface area contributed by atoms with E-state index in [9.17, 15) is 4.79 Å². The molecule has 0 bridgehead atoms. The van der Waals surface area contributed by atoms with Gasteiger partial charge in [-0.3, -0.25) is 0 Å². The third-order valence-corrected chi connectivity index (χ3v) is 4.05. The zero-order valence-corrected chi connectivity index (χ0v) is 14.7. The fourth-order valence-electron chi connectivity index (χ4n) is 2.93. The van der Waals surface area contributed by atoms with Gasteiger partial charge in [0, 0.05) is 31.4 Å². The summed E-state index contributed by atoms with van der Waals surface area (Å²) < 4.78 is 5.43. The summed E-state index contributed by atoms with van der Waals surface area (Å²) in [5.74, 6) is 0. The highest BCUT2D eigenvalue weighted by Gasteiger charge is 2.23. The Hall–Kier alpha value is -1.75. The molecule has 0 aromatic heterocycles. The second-order valence-electron chi connectivity index (χ2n) is 7.06. The third-order valence-electron chi connectivity index (χ3n) is 4.05. The van der Waals surface area contributed by atoms with Gasteiger partial charge in [-0.2, -0.15) is 0 Å². The summed E-state index contributed by atoms with van der Waals surface area (Å²) in [4.78, 5) is 13.8. The first-order valence-electron chi connectivity index (χ1n) is 8.39. The molecule has 1 aliphatic rings. The number of nitrogens with two attached hydrogens (primary N) is 1. The molecular weight excluding hydrogens is 290 g/mol. The van der Waals surface area contributed by atoms with Gasteiger partial charge in [0.1, 0.15) is 5.60 Å². The van der Waals surface area contributed by atoms with Gasteiger partial charge in [-0.1, -0.05) is 6.07 Å². The van der Waals surface area contributed by atoms with E-state index in [0.717, 1.165) is 25.1 Å². The molecule has 2 rings (SSSR count). The molecule has 23 heavy (non-hydrogen) atoms. The molecule has 0 heterocycles. The number of rotatable bonds is 5. The number of benzene rings is 1. The lowest BCUT2D eigenvalue weighted by Gasteiger charge is -2.27. The van der Waals surface area contributed by atoms with Gasteiger partial charge >= 0.3 is 6.09 Å². The second kappa shape index (κ2) is 7.21. The van der Waals surface area contributed by atoms with Crippen molar-refractivity contribution in [3.05, 3.63) is 29.3 Å². The highest BCUT2D eigenvalue weighted by Crippen LogP contribution is 2.32. The maximum Gasteiger partial charge on any atom is 0.410 e. The van der Waals surface area contributed by atoms with Crippen molar-refractivity contribution in [2.45, 2.75) is 52.2 Å². The highest BCUT2D eigenvalue weighted by molar-refractivity contribution is 5.68. The molecule has 5 nitrogen and oxygen atoms in total. The van der Waals surface area contributed by atoms with Crippen LogP contribution in [0.1, 0.15) is 51.3 Å². The van der Waals surface area contributed by atoms with Crippen LogP contribution in [-0.2, 0) is 11.2 Å². The van der Waals surface area contributed by atoms with E-state index in [1.165, 1.54) is 11.1 Å². The lowest BCUT2D eigenvalue weighted by Crippen LogP contribution is -2.40. The van der Waals surface area contributed by atoms with Crippen LogP contribution in [0.5, 0.6) is 0 Å². The summed E-state index contributed by atoms with van der Waals surface area (Å²) in [6.07, 6.45) is 1.89. The van der Waals surface area contributed by atoms with Crippen molar-refractivity contribution in [1.29, 1.82) is 0 Å². The van der Waals surface area contributed by atoms with Crippen molar-refractivity contribution in [3.63, 3.8) is 0 Å². The molecule has 1 aromatic carbocycles. The lowest BCUT2D eigenvalue weighted by molar-refractivity contribution is 0.0261. The zero-order chi connectivity index (χ0) is 17.0. The number of hydrogen-bond acceptors (Lipinski definition) is 4. The fraction of sp³-hybridized carbons (Fsp3) is 0.611. The minimum atomic E-state index is -0.456. The van der Waals surface area contributed by atoms with Crippen LogP contribution in [-0.4, -0.2) is 36.2 Å². The normalized spacial score (nSPS) is 17.0. The monoisotopic (exact) mass is 319 g/mol. The molecule has 0 aliphatic heterocycles. The van der Waals surface area contributed by atoms with Gasteiger partial charge in [-0.25, -0.2) is 4.79 Å². The van der Waals surface area contributed by atoms with Crippen LogP contribution >= 0.6 is 0 Å². The lowest BCUT2D eigenvalue weighted by atomic mass is 10.1. The number of carbonyl (C=O) groups is 1. The molecule has 3 N–H and O–H groups in total. The van der Waals surface area contributed by atoms with Crippen LogP contribution in [0.4, 0.5) is 10.5 Å². The van der Waals surface area contributed by atoms with E-state index < -0.39 is 5.60 Å². The maximum absolute atomic E-state index is 12.1. The molecule has 1 aliphatic carbocycles. The van der Waals surface area contributed by atoms with E-state index in [0.29, 0.717) is 19.1 Å². The van der Waals surface area contributed by atoms with Crippen molar-refractivity contribution in [3.8, 4) is 0 Å². The molecule has 0 fully saturated rings. The topological polar surface area (TPSA) is 67.6 Å². The minimum Gasteiger partial charge on any atom is -0.444 e. The van der Waals surface area contributed by atoms with Crippen molar-refractivity contribution < 1.29 is 9.53 Å². The highest BCUT2D eigenvalue weighted by atomic mass is 16.6. The van der Waals surface area contributed by atoms with Gasteiger partial charge in [-0.15, -0.1) is 0 Å². The molecule has 0 radical (unpaired) electrons. The Balaban J connectivity index is 1.84. The Morgan fingerprint density at radius 2 is 2.17 bits per heavy atom. The van der Waals surface area contributed by atoms with Crippen LogP contribution in [0, 0.1) is 0 Å². The molecule has 0 saturated heterocycles. The number of aryl methyl sites for hydroxylation is 1. The molecule has 128 valence electrons. The maximum atomic E-state index is 12.1. The molecule has 0 spiro atoms. The van der Waals surface area contributed by atoms with Gasteiger partial charge in [0.15, 0.2) is 0 Å². The first-order chi connectivity index (χ1) is 10.8. The van der Waals surface area contributed by atoms with E-state index in [2.05, 4.69) is 17.4 Å². The van der Waals surface area contributed by atoms with Gasteiger partial charge in [0.2, 0.25) is 0 Å². The van der Waals surface area contributed by atoms with Crippen molar-refractivity contribution >= 4 is 11.8 Å². The van der Waals surface area contributed by atoms with Crippen molar-refractivity contribution in [2.75, 3.05) is 25.4 Å². The number of ether oxygens (including phenoxy) is 1. The Labute approximate surface area is 139 Å². The molecular formula is C18H29N3O2. The standard InChI is InChI=1S/C18H29N3O2/c1-5-21(17(22)23-18(2,3)4)11-10-20-16-9-6-13-12-14(19)7-8-15(13)16/h7-8,12,16,20H,5-6,9-11,19H2,1-4H3. The third kappa shape index (κ3) is 4.86.